The van der Waals surface area contributed by atoms with Gasteiger partial charge in [-0.05, 0) is 61.5 Å². The van der Waals surface area contributed by atoms with Crippen LogP contribution >= 0.6 is 11.6 Å². The molecule has 3 heteroatoms. The van der Waals surface area contributed by atoms with Gasteiger partial charge in [0.15, 0.2) is 5.22 Å². The molecule has 1 aromatic heterocycles. The van der Waals surface area contributed by atoms with Crippen LogP contribution in [0.3, 0.4) is 0 Å². The topological polar surface area (TPSA) is 25.2 Å². The molecule has 1 unspecified atom stereocenters. The summed E-state index contributed by atoms with van der Waals surface area (Å²) in [7, 11) is 0. The van der Waals surface area contributed by atoms with Gasteiger partial charge in [0.05, 0.1) is 6.04 Å². The Bertz CT molecular complexity index is 370. The summed E-state index contributed by atoms with van der Waals surface area (Å²) in [5, 5.41) is 3.93. The van der Waals surface area contributed by atoms with E-state index < -0.39 is 0 Å². The molecule has 0 bridgehead atoms. The van der Waals surface area contributed by atoms with E-state index in [1.165, 1.54) is 24.8 Å². The second-order valence-corrected chi connectivity index (χ2v) is 4.53. The summed E-state index contributed by atoms with van der Waals surface area (Å²) in [5.74, 6) is 0.931. The molecule has 16 heavy (non-hydrogen) atoms. The zero-order valence-electron chi connectivity index (χ0n) is 9.63. The number of nitrogens with one attached hydrogen (secondary N) is 1. The molecule has 1 N–H and O–H groups in total. The Hall–Kier alpha value is -0.730. The minimum atomic E-state index is 0.206. The van der Waals surface area contributed by atoms with Crippen molar-refractivity contribution < 1.29 is 4.42 Å². The van der Waals surface area contributed by atoms with E-state index in [1.54, 1.807) is 0 Å². The van der Waals surface area contributed by atoms with Gasteiger partial charge in [0.25, 0.3) is 0 Å². The molecule has 0 spiro atoms. The fraction of sp³-hybridized carbons (Fsp3) is 0.538. The molecule has 1 atom stereocenters. The van der Waals surface area contributed by atoms with Crippen molar-refractivity contribution in [2.75, 3.05) is 6.54 Å². The highest BCUT2D eigenvalue weighted by Gasteiger charge is 2.20. The Morgan fingerprint density at radius 2 is 2.31 bits per heavy atom. The lowest BCUT2D eigenvalue weighted by Gasteiger charge is -2.22. The van der Waals surface area contributed by atoms with Gasteiger partial charge in [-0.25, -0.2) is 0 Å². The lowest BCUT2D eigenvalue weighted by atomic mass is 9.92. The van der Waals surface area contributed by atoms with E-state index in [1.807, 2.05) is 12.1 Å². The molecule has 2 rings (SSSR count). The molecule has 0 aromatic carbocycles. The summed E-state index contributed by atoms with van der Waals surface area (Å²) in [6.45, 7) is 3.04. The predicted molar refractivity (Wildman–Crippen MR) is 66.7 cm³/mol. The highest BCUT2D eigenvalue weighted by Crippen LogP contribution is 2.31. The molecule has 2 nitrogen and oxygen atoms in total. The van der Waals surface area contributed by atoms with Crippen LogP contribution in [0.15, 0.2) is 28.2 Å². The predicted octanol–water partition coefficient (Wildman–Crippen LogP) is 4.08. The quantitative estimate of drug-likeness (QED) is 0.801. The number of allylic oxidation sites excluding steroid dienone is 1. The van der Waals surface area contributed by atoms with Crippen LogP contribution in [0.1, 0.15) is 44.4 Å². The average molecular weight is 240 g/mol. The Kier molecular flexibility index (Phi) is 4.08. The van der Waals surface area contributed by atoms with E-state index in [0.29, 0.717) is 5.22 Å². The van der Waals surface area contributed by atoms with Crippen molar-refractivity contribution in [3.8, 4) is 0 Å². The summed E-state index contributed by atoms with van der Waals surface area (Å²) in [5.41, 5.74) is 1.44. The molecule has 1 aliphatic rings. The van der Waals surface area contributed by atoms with Crippen LogP contribution in [0.25, 0.3) is 0 Å². The zero-order chi connectivity index (χ0) is 11.4. The lowest BCUT2D eigenvalue weighted by molar-refractivity contribution is 0.437. The van der Waals surface area contributed by atoms with Crippen LogP contribution in [-0.2, 0) is 0 Å². The van der Waals surface area contributed by atoms with Gasteiger partial charge >= 0.3 is 0 Å². The molecule has 0 radical (unpaired) electrons. The largest absolute Gasteiger partial charge is 0.448 e. The van der Waals surface area contributed by atoms with Gasteiger partial charge in [-0.3, -0.25) is 0 Å². The number of hydrogen-bond acceptors (Lipinski definition) is 2. The minimum absolute atomic E-state index is 0.206. The molecule has 88 valence electrons. The van der Waals surface area contributed by atoms with Crippen LogP contribution in [0, 0.1) is 0 Å². The fourth-order valence-corrected chi connectivity index (χ4v) is 2.38. The van der Waals surface area contributed by atoms with Crippen molar-refractivity contribution in [1.29, 1.82) is 0 Å². The summed E-state index contributed by atoms with van der Waals surface area (Å²) in [4.78, 5) is 0. The van der Waals surface area contributed by atoms with Gasteiger partial charge in [0.2, 0.25) is 0 Å². The van der Waals surface area contributed by atoms with Gasteiger partial charge in [0, 0.05) is 0 Å². The SMILES string of the molecule is CCNC(C1=CCCCC1)c1ccc(Cl)o1. The number of likely N-dealkylation sites (N-methyl/N-ethyl adjacent to an activating group) is 1. The average Bonchev–Trinajstić information content (AvgIpc) is 2.74. The first-order chi connectivity index (χ1) is 7.81. The van der Waals surface area contributed by atoms with E-state index in [2.05, 4.69) is 18.3 Å². The van der Waals surface area contributed by atoms with Crippen LogP contribution in [0.5, 0.6) is 0 Å². The Morgan fingerprint density at radius 1 is 1.44 bits per heavy atom. The van der Waals surface area contributed by atoms with E-state index in [0.717, 1.165) is 18.7 Å². The van der Waals surface area contributed by atoms with Crippen LogP contribution < -0.4 is 5.32 Å². The summed E-state index contributed by atoms with van der Waals surface area (Å²) >= 11 is 5.83. The van der Waals surface area contributed by atoms with Crippen LogP contribution in [0.2, 0.25) is 5.22 Å². The Morgan fingerprint density at radius 3 is 2.88 bits per heavy atom. The molecule has 0 aliphatic heterocycles. The third-order valence-electron chi connectivity index (χ3n) is 2.98. The standard InChI is InChI=1S/C13H18ClNO/c1-2-15-13(10-6-4-3-5-7-10)11-8-9-12(14)16-11/h6,8-9,13,15H,2-5,7H2,1H3. The van der Waals surface area contributed by atoms with Crippen LogP contribution in [0.4, 0.5) is 0 Å². The molecular weight excluding hydrogens is 222 g/mol. The second kappa shape index (κ2) is 5.55. The number of hydrogen-bond donors (Lipinski definition) is 1. The molecule has 0 fully saturated rings. The number of halogens is 1. The highest BCUT2D eigenvalue weighted by molar-refractivity contribution is 6.28. The Balaban J connectivity index is 2.19. The summed E-state index contributed by atoms with van der Waals surface area (Å²) < 4.78 is 5.51. The monoisotopic (exact) mass is 239 g/mol. The van der Waals surface area contributed by atoms with Crippen molar-refractivity contribution >= 4 is 11.6 Å². The first-order valence-electron chi connectivity index (χ1n) is 5.99. The molecule has 0 saturated heterocycles. The molecule has 1 aliphatic carbocycles. The maximum atomic E-state index is 5.83. The molecule has 0 saturated carbocycles. The third-order valence-corrected chi connectivity index (χ3v) is 3.19. The van der Waals surface area contributed by atoms with Gasteiger partial charge in [0.1, 0.15) is 5.76 Å². The number of furan rings is 1. The Labute approximate surface area is 102 Å². The van der Waals surface area contributed by atoms with Crippen molar-refractivity contribution in [1.82, 2.24) is 5.32 Å². The van der Waals surface area contributed by atoms with Crippen LogP contribution in [-0.4, -0.2) is 6.54 Å². The molecule has 1 aromatic rings. The fourth-order valence-electron chi connectivity index (χ4n) is 2.23. The van der Waals surface area contributed by atoms with E-state index in [4.69, 9.17) is 16.0 Å². The minimum Gasteiger partial charge on any atom is -0.448 e. The zero-order valence-corrected chi connectivity index (χ0v) is 10.4. The van der Waals surface area contributed by atoms with Crippen molar-refractivity contribution in [2.45, 2.75) is 38.6 Å². The highest BCUT2D eigenvalue weighted by atomic mass is 35.5. The van der Waals surface area contributed by atoms with Crippen molar-refractivity contribution in [3.05, 3.63) is 34.8 Å². The lowest BCUT2D eigenvalue weighted by Crippen LogP contribution is -2.23. The van der Waals surface area contributed by atoms with Gasteiger partial charge in [-0.1, -0.05) is 13.0 Å². The normalized spacial score (nSPS) is 18.2. The van der Waals surface area contributed by atoms with Gasteiger partial charge < -0.3 is 9.73 Å². The summed E-state index contributed by atoms with van der Waals surface area (Å²) in [6.07, 6.45) is 7.28. The van der Waals surface area contributed by atoms with Crippen molar-refractivity contribution in [3.63, 3.8) is 0 Å². The maximum absolute atomic E-state index is 5.83. The second-order valence-electron chi connectivity index (χ2n) is 4.16. The van der Waals surface area contributed by atoms with E-state index in [-0.39, 0.29) is 6.04 Å². The van der Waals surface area contributed by atoms with Gasteiger partial charge in [-0.15, -0.1) is 0 Å². The summed E-state index contributed by atoms with van der Waals surface area (Å²) in [6, 6.07) is 3.98. The number of rotatable bonds is 4. The third kappa shape index (κ3) is 2.69. The van der Waals surface area contributed by atoms with Crippen molar-refractivity contribution in [2.24, 2.45) is 0 Å². The first kappa shape index (κ1) is 11.7. The first-order valence-corrected chi connectivity index (χ1v) is 6.36. The molecular formula is C13H18ClNO. The smallest absolute Gasteiger partial charge is 0.193 e. The van der Waals surface area contributed by atoms with E-state index in [9.17, 15) is 0 Å². The molecule has 0 amide bonds. The van der Waals surface area contributed by atoms with Gasteiger partial charge in [-0.2, -0.15) is 0 Å². The maximum Gasteiger partial charge on any atom is 0.193 e. The molecule has 1 heterocycles. The van der Waals surface area contributed by atoms with E-state index >= 15 is 0 Å².